The molecule has 5 nitrogen and oxygen atoms in total. The standard InChI is InChI=1S/C18H18F2N2O3/c1-18(24,13-7-6-11(19)8-14(13)20)10-21-17(23)22-15-9-25-16-5-3-2-4-12(15)16/h2-8,15,24H,9-10H2,1H3,(H2,21,22,23)/t15-,18+/m0/s1. The van der Waals surface area contributed by atoms with E-state index in [-0.39, 0.29) is 18.2 Å². The van der Waals surface area contributed by atoms with Crippen LogP contribution in [-0.4, -0.2) is 24.3 Å². The van der Waals surface area contributed by atoms with E-state index in [0.717, 1.165) is 17.7 Å². The second kappa shape index (κ2) is 6.68. The highest BCUT2D eigenvalue weighted by Gasteiger charge is 2.29. The fraction of sp³-hybridized carbons (Fsp3) is 0.278. The van der Waals surface area contributed by atoms with Crippen molar-refractivity contribution in [3.8, 4) is 5.75 Å². The van der Waals surface area contributed by atoms with Gasteiger partial charge in [0.2, 0.25) is 0 Å². The average molecular weight is 348 g/mol. The number of halogens is 2. The summed E-state index contributed by atoms with van der Waals surface area (Å²) in [5.41, 5.74) is -0.906. The Hall–Kier alpha value is -2.67. The summed E-state index contributed by atoms with van der Waals surface area (Å²) >= 11 is 0. The van der Waals surface area contributed by atoms with Crippen LogP contribution >= 0.6 is 0 Å². The topological polar surface area (TPSA) is 70.6 Å². The van der Waals surface area contributed by atoms with Gasteiger partial charge in [-0.1, -0.05) is 24.3 Å². The number of nitrogens with one attached hydrogen (secondary N) is 2. The Labute approximate surface area is 143 Å². The molecule has 7 heteroatoms. The molecule has 0 saturated heterocycles. The van der Waals surface area contributed by atoms with E-state index >= 15 is 0 Å². The van der Waals surface area contributed by atoms with E-state index in [0.29, 0.717) is 18.4 Å². The number of para-hydroxylation sites is 1. The number of aliphatic hydroxyl groups is 1. The second-order valence-electron chi connectivity index (χ2n) is 6.13. The summed E-state index contributed by atoms with van der Waals surface area (Å²) in [6.07, 6.45) is 0. The molecule has 1 heterocycles. The van der Waals surface area contributed by atoms with Gasteiger partial charge in [-0.3, -0.25) is 0 Å². The Morgan fingerprint density at radius 1 is 1.32 bits per heavy atom. The van der Waals surface area contributed by atoms with Crippen molar-refractivity contribution in [1.82, 2.24) is 10.6 Å². The number of carbonyl (C=O) groups is 1. The minimum absolute atomic E-state index is 0.0938. The first kappa shape index (κ1) is 17.2. The third kappa shape index (κ3) is 3.71. The summed E-state index contributed by atoms with van der Waals surface area (Å²) in [6.45, 7) is 1.42. The van der Waals surface area contributed by atoms with Gasteiger partial charge in [-0.05, 0) is 19.1 Å². The smallest absolute Gasteiger partial charge is 0.315 e. The van der Waals surface area contributed by atoms with Gasteiger partial charge in [0, 0.05) is 17.2 Å². The summed E-state index contributed by atoms with van der Waals surface area (Å²) in [4.78, 5) is 12.1. The van der Waals surface area contributed by atoms with Crippen molar-refractivity contribution in [2.45, 2.75) is 18.6 Å². The number of rotatable bonds is 4. The summed E-state index contributed by atoms with van der Waals surface area (Å²) in [5.74, 6) is -0.888. The van der Waals surface area contributed by atoms with Crippen LogP contribution in [0.15, 0.2) is 42.5 Å². The monoisotopic (exact) mass is 348 g/mol. The third-order valence-corrected chi connectivity index (χ3v) is 4.11. The molecule has 2 atom stereocenters. The fourth-order valence-electron chi connectivity index (χ4n) is 2.77. The van der Waals surface area contributed by atoms with Crippen molar-refractivity contribution in [1.29, 1.82) is 0 Å². The van der Waals surface area contributed by atoms with Crippen molar-refractivity contribution in [3.05, 3.63) is 65.2 Å². The van der Waals surface area contributed by atoms with Crippen molar-refractivity contribution in [3.63, 3.8) is 0 Å². The number of urea groups is 1. The molecule has 0 bridgehead atoms. The molecule has 0 unspecified atom stereocenters. The summed E-state index contributed by atoms with van der Waals surface area (Å²) in [6, 6.07) is 9.45. The van der Waals surface area contributed by atoms with Crippen molar-refractivity contribution >= 4 is 6.03 Å². The highest BCUT2D eigenvalue weighted by molar-refractivity contribution is 5.75. The highest BCUT2D eigenvalue weighted by Crippen LogP contribution is 2.31. The van der Waals surface area contributed by atoms with Gasteiger partial charge in [0.25, 0.3) is 0 Å². The molecule has 0 aliphatic carbocycles. The van der Waals surface area contributed by atoms with Crippen LogP contribution in [0, 0.1) is 11.6 Å². The zero-order chi connectivity index (χ0) is 18.0. The lowest BCUT2D eigenvalue weighted by Crippen LogP contribution is -2.45. The number of fused-ring (bicyclic) bond motifs is 1. The molecular weight excluding hydrogens is 330 g/mol. The molecule has 0 radical (unpaired) electrons. The third-order valence-electron chi connectivity index (χ3n) is 4.11. The zero-order valence-electron chi connectivity index (χ0n) is 13.6. The van der Waals surface area contributed by atoms with Gasteiger partial charge < -0.3 is 20.5 Å². The first-order valence-electron chi connectivity index (χ1n) is 7.81. The Morgan fingerprint density at radius 3 is 2.84 bits per heavy atom. The molecule has 2 aromatic rings. The maximum absolute atomic E-state index is 13.8. The van der Waals surface area contributed by atoms with E-state index in [2.05, 4.69) is 10.6 Å². The first-order chi connectivity index (χ1) is 11.9. The Balaban J connectivity index is 1.60. The predicted molar refractivity (Wildman–Crippen MR) is 87.1 cm³/mol. The summed E-state index contributed by atoms with van der Waals surface area (Å²) < 4.78 is 32.3. The zero-order valence-corrected chi connectivity index (χ0v) is 13.6. The van der Waals surface area contributed by atoms with Crippen LogP contribution in [-0.2, 0) is 5.60 Å². The van der Waals surface area contributed by atoms with Crippen LogP contribution in [0.3, 0.4) is 0 Å². The van der Waals surface area contributed by atoms with Gasteiger partial charge in [0.05, 0.1) is 12.6 Å². The minimum Gasteiger partial charge on any atom is -0.491 e. The molecule has 1 aliphatic rings. The summed E-state index contributed by atoms with van der Waals surface area (Å²) in [7, 11) is 0. The Kier molecular flexibility index (Phi) is 4.59. The van der Waals surface area contributed by atoms with Gasteiger partial charge in [0.1, 0.15) is 29.6 Å². The Morgan fingerprint density at radius 2 is 2.08 bits per heavy atom. The molecule has 0 spiro atoms. The lowest BCUT2D eigenvalue weighted by atomic mass is 9.95. The molecule has 1 aliphatic heterocycles. The van der Waals surface area contributed by atoms with E-state index in [4.69, 9.17) is 4.74 Å². The normalized spacial score (nSPS) is 18.0. The SMILES string of the molecule is C[C@@](O)(CNC(=O)N[C@H]1COc2ccccc21)c1ccc(F)cc1F. The Bertz CT molecular complexity index is 796. The first-order valence-corrected chi connectivity index (χ1v) is 7.81. The number of benzene rings is 2. The van der Waals surface area contributed by atoms with Crippen LogP contribution < -0.4 is 15.4 Å². The average Bonchev–Trinajstić information content (AvgIpc) is 2.96. The molecule has 2 amide bonds. The van der Waals surface area contributed by atoms with E-state index in [1.54, 1.807) is 0 Å². The van der Waals surface area contributed by atoms with E-state index in [1.807, 2.05) is 24.3 Å². The number of carbonyl (C=O) groups excluding carboxylic acids is 1. The van der Waals surface area contributed by atoms with Crippen LogP contribution in [0.1, 0.15) is 24.1 Å². The molecule has 3 N–H and O–H groups in total. The molecule has 25 heavy (non-hydrogen) atoms. The second-order valence-corrected chi connectivity index (χ2v) is 6.13. The largest absolute Gasteiger partial charge is 0.491 e. The van der Waals surface area contributed by atoms with Gasteiger partial charge in [-0.25, -0.2) is 13.6 Å². The molecule has 0 saturated carbocycles. The molecule has 2 aromatic carbocycles. The van der Waals surface area contributed by atoms with Crippen LogP contribution in [0.2, 0.25) is 0 Å². The summed E-state index contributed by atoms with van der Waals surface area (Å²) in [5, 5.41) is 15.6. The highest BCUT2D eigenvalue weighted by atomic mass is 19.1. The molecule has 3 rings (SSSR count). The predicted octanol–water partition coefficient (Wildman–Crippen LogP) is 2.61. The maximum Gasteiger partial charge on any atom is 0.315 e. The number of hydrogen-bond acceptors (Lipinski definition) is 3. The van der Waals surface area contributed by atoms with E-state index in [9.17, 15) is 18.7 Å². The van der Waals surface area contributed by atoms with Crippen LogP contribution in [0.25, 0.3) is 0 Å². The maximum atomic E-state index is 13.8. The number of amides is 2. The van der Waals surface area contributed by atoms with Gasteiger partial charge in [-0.15, -0.1) is 0 Å². The van der Waals surface area contributed by atoms with Crippen molar-refractivity contribution in [2.75, 3.05) is 13.2 Å². The molecular formula is C18H18F2N2O3. The van der Waals surface area contributed by atoms with Gasteiger partial charge in [0.15, 0.2) is 0 Å². The lowest BCUT2D eigenvalue weighted by molar-refractivity contribution is 0.0554. The number of ether oxygens (including phenoxy) is 1. The van der Waals surface area contributed by atoms with Crippen LogP contribution in [0.4, 0.5) is 13.6 Å². The van der Waals surface area contributed by atoms with Crippen LogP contribution in [0.5, 0.6) is 5.75 Å². The van der Waals surface area contributed by atoms with Crippen molar-refractivity contribution < 1.29 is 23.4 Å². The number of hydrogen-bond donors (Lipinski definition) is 3. The van der Waals surface area contributed by atoms with Gasteiger partial charge >= 0.3 is 6.03 Å². The van der Waals surface area contributed by atoms with E-state index in [1.165, 1.54) is 6.92 Å². The quantitative estimate of drug-likeness (QED) is 0.795. The fourth-order valence-corrected chi connectivity index (χ4v) is 2.77. The molecule has 0 fully saturated rings. The van der Waals surface area contributed by atoms with Crippen molar-refractivity contribution in [2.24, 2.45) is 0 Å². The van der Waals surface area contributed by atoms with E-state index < -0.39 is 23.3 Å². The molecule has 0 aromatic heterocycles. The lowest BCUT2D eigenvalue weighted by Gasteiger charge is -2.25. The minimum atomic E-state index is -1.68. The molecule has 132 valence electrons. The van der Waals surface area contributed by atoms with Gasteiger partial charge in [-0.2, -0.15) is 0 Å².